The van der Waals surface area contributed by atoms with Crippen LogP contribution < -0.4 is 5.32 Å². The molecule has 0 aliphatic carbocycles. The average molecular weight is 476 g/mol. The van der Waals surface area contributed by atoms with Gasteiger partial charge in [-0.25, -0.2) is 4.79 Å². The summed E-state index contributed by atoms with van der Waals surface area (Å²) in [6.07, 6.45) is 1.06. The fourth-order valence-electron chi connectivity index (χ4n) is 3.34. The molecule has 0 spiro atoms. The molecule has 10 nitrogen and oxygen atoms in total. The summed E-state index contributed by atoms with van der Waals surface area (Å²) in [7, 11) is 0. The maximum absolute atomic E-state index is 12.2. The zero-order chi connectivity index (χ0) is 24.0. The van der Waals surface area contributed by atoms with E-state index in [2.05, 4.69) is 20.4 Å². The maximum atomic E-state index is 12.2. The highest BCUT2D eigenvalue weighted by atomic mass is 32.2. The number of nitrogens with zero attached hydrogens (tertiary/aromatic N) is 4. The molecule has 1 aromatic carbocycles. The highest BCUT2D eigenvalue weighted by Crippen LogP contribution is 2.22. The molecule has 0 bridgehead atoms. The van der Waals surface area contributed by atoms with E-state index in [-0.39, 0.29) is 18.4 Å². The number of nitrogens with one attached hydrogen (secondary N) is 1. The zero-order valence-electron chi connectivity index (χ0n) is 19.0. The second kappa shape index (κ2) is 10.8. The third-order valence-electron chi connectivity index (χ3n) is 4.87. The van der Waals surface area contributed by atoms with Gasteiger partial charge in [0.2, 0.25) is 5.91 Å². The van der Waals surface area contributed by atoms with Crippen molar-refractivity contribution in [2.45, 2.75) is 44.6 Å². The molecule has 1 atom stereocenters. The van der Waals surface area contributed by atoms with Gasteiger partial charge in [0.25, 0.3) is 0 Å². The van der Waals surface area contributed by atoms with Gasteiger partial charge in [0.1, 0.15) is 10.9 Å². The Morgan fingerprint density at radius 3 is 2.67 bits per heavy atom. The second-order valence-corrected chi connectivity index (χ2v) is 10.0. The number of carbonyl (C=O) groups is 3. The molecule has 11 heteroatoms. The number of hydrogen-bond acceptors (Lipinski definition) is 8. The van der Waals surface area contributed by atoms with E-state index in [9.17, 15) is 14.4 Å². The Kier molecular flexibility index (Phi) is 8.09. The number of carboxylic acids is 1. The van der Waals surface area contributed by atoms with Crippen molar-refractivity contribution in [2.75, 3.05) is 26.2 Å². The average Bonchev–Trinajstić information content (AvgIpc) is 3.06. The number of thioether (sulfide) groups is 1. The van der Waals surface area contributed by atoms with E-state index in [0.29, 0.717) is 18.3 Å². The van der Waals surface area contributed by atoms with Crippen LogP contribution in [0.4, 0.5) is 4.79 Å². The first kappa shape index (κ1) is 24.7. The SMILES string of the molecule is CC(C)(C)OC(=O)N1CCN(Cc2cccc(C=NN=C3NC(=O)C(CC(=O)O)S3)c2)CC1. The van der Waals surface area contributed by atoms with Crippen LogP contribution in [0.25, 0.3) is 0 Å². The maximum Gasteiger partial charge on any atom is 0.410 e. The first-order valence-electron chi connectivity index (χ1n) is 10.7. The summed E-state index contributed by atoms with van der Waals surface area (Å²) in [4.78, 5) is 38.8. The lowest BCUT2D eigenvalue weighted by Gasteiger charge is -2.35. The molecular formula is C22H29N5O5S. The zero-order valence-corrected chi connectivity index (χ0v) is 19.8. The Morgan fingerprint density at radius 2 is 2.00 bits per heavy atom. The van der Waals surface area contributed by atoms with Crippen LogP contribution >= 0.6 is 11.8 Å². The van der Waals surface area contributed by atoms with Gasteiger partial charge >= 0.3 is 12.1 Å². The smallest absolute Gasteiger partial charge is 0.410 e. The van der Waals surface area contributed by atoms with Gasteiger partial charge in [-0.2, -0.15) is 5.10 Å². The number of carboxylic acid groups (broad SMARTS) is 1. The van der Waals surface area contributed by atoms with E-state index < -0.39 is 16.8 Å². The third-order valence-corrected chi connectivity index (χ3v) is 5.95. The minimum Gasteiger partial charge on any atom is -0.481 e. The summed E-state index contributed by atoms with van der Waals surface area (Å²) in [6, 6.07) is 7.89. The van der Waals surface area contributed by atoms with E-state index in [1.165, 1.54) is 0 Å². The van der Waals surface area contributed by atoms with Crippen LogP contribution in [-0.2, 0) is 20.9 Å². The summed E-state index contributed by atoms with van der Waals surface area (Å²) in [5.74, 6) is -1.40. The Morgan fingerprint density at radius 1 is 1.27 bits per heavy atom. The predicted molar refractivity (Wildman–Crippen MR) is 126 cm³/mol. The molecule has 2 heterocycles. The van der Waals surface area contributed by atoms with Crippen LogP contribution in [0.3, 0.4) is 0 Å². The number of hydrogen-bond donors (Lipinski definition) is 2. The topological polar surface area (TPSA) is 124 Å². The molecule has 2 aliphatic heterocycles. The first-order valence-corrected chi connectivity index (χ1v) is 11.6. The molecule has 2 fully saturated rings. The molecule has 0 saturated carbocycles. The Balaban J connectivity index is 1.50. The van der Waals surface area contributed by atoms with Crippen molar-refractivity contribution in [1.82, 2.24) is 15.1 Å². The summed E-state index contributed by atoms with van der Waals surface area (Å²) in [6.45, 7) is 9.12. The highest BCUT2D eigenvalue weighted by molar-refractivity contribution is 8.15. The number of amides is 2. The molecule has 2 amide bonds. The van der Waals surface area contributed by atoms with E-state index in [4.69, 9.17) is 9.84 Å². The van der Waals surface area contributed by atoms with Crippen molar-refractivity contribution in [3.8, 4) is 0 Å². The summed E-state index contributed by atoms with van der Waals surface area (Å²) >= 11 is 1.06. The minimum absolute atomic E-state index is 0.257. The summed E-state index contributed by atoms with van der Waals surface area (Å²) < 4.78 is 5.44. The number of amidine groups is 1. The number of benzene rings is 1. The monoisotopic (exact) mass is 475 g/mol. The molecule has 33 heavy (non-hydrogen) atoms. The fourth-order valence-corrected chi connectivity index (χ4v) is 4.25. The number of rotatable bonds is 6. The Labute approximate surface area is 197 Å². The van der Waals surface area contributed by atoms with Crippen molar-refractivity contribution < 1.29 is 24.2 Å². The molecule has 1 unspecified atom stereocenters. The van der Waals surface area contributed by atoms with E-state index in [0.717, 1.165) is 42.5 Å². The molecule has 2 N–H and O–H groups in total. The largest absolute Gasteiger partial charge is 0.481 e. The Bertz CT molecular complexity index is 951. The lowest BCUT2D eigenvalue weighted by atomic mass is 10.1. The van der Waals surface area contributed by atoms with Gasteiger partial charge in [0.05, 0.1) is 12.6 Å². The number of aliphatic carboxylic acids is 1. The molecular weight excluding hydrogens is 446 g/mol. The standard InChI is InChI=1S/C22H29N5O5S/c1-22(2,3)32-21(31)27-9-7-26(8-10-27)14-16-6-4-5-15(11-16)13-23-25-20-24-19(30)17(33-20)12-18(28)29/h4-6,11,13,17H,7-10,12,14H2,1-3H3,(H,28,29)(H,24,25,30). The lowest BCUT2D eigenvalue weighted by molar-refractivity contribution is -0.138. The number of ether oxygens (including phenoxy) is 1. The molecule has 1 aromatic rings. The second-order valence-electron chi connectivity index (χ2n) is 8.83. The predicted octanol–water partition coefficient (Wildman–Crippen LogP) is 2.14. The van der Waals surface area contributed by atoms with Gasteiger partial charge in [-0.15, -0.1) is 5.10 Å². The third kappa shape index (κ3) is 7.86. The number of piperazine rings is 1. The lowest BCUT2D eigenvalue weighted by Crippen LogP contribution is -2.49. The van der Waals surface area contributed by atoms with Gasteiger partial charge in [-0.3, -0.25) is 14.5 Å². The first-order chi connectivity index (χ1) is 15.6. The quantitative estimate of drug-likeness (QED) is 0.477. The van der Waals surface area contributed by atoms with Crippen LogP contribution in [0, 0.1) is 0 Å². The van der Waals surface area contributed by atoms with E-state index >= 15 is 0 Å². The molecule has 2 aliphatic rings. The molecule has 2 saturated heterocycles. The van der Waals surface area contributed by atoms with Gasteiger partial charge in [-0.1, -0.05) is 30.0 Å². The van der Waals surface area contributed by atoms with E-state index in [1.807, 2.05) is 45.0 Å². The van der Waals surface area contributed by atoms with Gasteiger partial charge in [0, 0.05) is 32.7 Å². The van der Waals surface area contributed by atoms with Crippen LogP contribution in [0.1, 0.15) is 38.3 Å². The van der Waals surface area contributed by atoms with Crippen LogP contribution in [0.2, 0.25) is 0 Å². The van der Waals surface area contributed by atoms with Crippen molar-refractivity contribution in [3.05, 3.63) is 35.4 Å². The molecule has 0 aromatic heterocycles. The molecule has 178 valence electrons. The van der Waals surface area contributed by atoms with Gasteiger partial charge in [-0.05, 0) is 38.0 Å². The van der Waals surface area contributed by atoms with Crippen molar-refractivity contribution in [2.24, 2.45) is 10.2 Å². The van der Waals surface area contributed by atoms with Crippen molar-refractivity contribution >= 4 is 41.1 Å². The number of carbonyl (C=O) groups excluding carboxylic acids is 2. The van der Waals surface area contributed by atoms with Crippen LogP contribution in [-0.4, -0.2) is 81.3 Å². The fraction of sp³-hybridized carbons (Fsp3) is 0.500. The normalized spacial score (nSPS) is 20.9. The van der Waals surface area contributed by atoms with Gasteiger partial charge < -0.3 is 20.1 Å². The van der Waals surface area contributed by atoms with Crippen LogP contribution in [0.5, 0.6) is 0 Å². The summed E-state index contributed by atoms with van der Waals surface area (Å²) in [5, 5.41) is 19.0. The van der Waals surface area contributed by atoms with Gasteiger partial charge in [0.15, 0.2) is 5.17 Å². The summed E-state index contributed by atoms with van der Waals surface area (Å²) in [5.41, 5.74) is 1.48. The van der Waals surface area contributed by atoms with Crippen molar-refractivity contribution in [3.63, 3.8) is 0 Å². The Hall–Kier alpha value is -2.92. The van der Waals surface area contributed by atoms with Crippen molar-refractivity contribution in [1.29, 1.82) is 0 Å². The minimum atomic E-state index is -1.03. The van der Waals surface area contributed by atoms with E-state index in [1.54, 1.807) is 11.1 Å². The highest BCUT2D eigenvalue weighted by Gasteiger charge is 2.32. The molecule has 3 rings (SSSR count). The van der Waals surface area contributed by atoms with Crippen LogP contribution in [0.15, 0.2) is 34.5 Å². The molecule has 0 radical (unpaired) electrons.